The Morgan fingerprint density at radius 1 is 1.25 bits per heavy atom. The van der Waals surface area contributed by atoms with E-state index in [1.807, 2.05) is 43.5 Å². The van der Waals surface area contributed by atoms with Gasteiger partial charge in [0.2, 0.25) is 0 Å². The Labute approximate surface area is 98.5 Å². The minimum Gasteiger partial charge on any atom is -0.422 e. The Hall–Kier alpha value is -1.61. The monoisotopic (exact) mass is 232 g/mol. The Balaban J connectivity index is 2.18. The van der Waals surface area contributed by atoms with Crippen LogP contribution in [0.3, 0.4) is 0 Å². The van der Waals surface area contributed by atoms with Gasteiger partial charge in [-0.05, 0) is 36.9 Å². The molecular weight excluding hydrogens is 220 g/mol. The zero-order valence-corrected chi connectivity index (χ0v) is 10.0. The van der Waals surface area contributed by atoms with Crippen LogP contribution in [0.25, 0.3) is 0 Å². The summed E-state index contributed by atoms with van der Waals surface area (Å²) in [5, 5.41) is 1.86. The zero-order chi connectivity index (χ0) is 11.5. The first kappa shape index (κ1) is 10.9. The van der Waals surface area contributed by atoms with Crippen LogP contribution in [0, 0.1) is 13.8 Å². The second kappa shape index (κ2) is 4.49. The second-order valence-electron chi connectivity index (χ2n) is 3.64. The third-order valence-electron chi connectivity index (χ3n) is 2.26. The highest BCUT2D eigenvalue weighted by atomic mass is 32.1. The van der Waals surface area contributed by atoms with Crippen molar-refractivity contribution in [3.63, 3.8) is 0 Å². The third kappa shape index (κ3) is 2.31. The van der Waals surface area contributed by atoms with Gasteiger partial charge in [-0.3, -0.25) is 0 Å². The van der Waals surface area contributed by atoms with Crippen molar-refractivity contribution >= 4 is 17.3 Å². The molecule has 16 heavy (non-hydrogen) atoms. The molecule has 1 aromatic heterocycles. The average Bonchev–Trinajstić information content (AvgIpc) is 2.75. The predicted octanol–water partition coefficient (Wildman–Crippen LogP) is 3.58. The number of hydrogen-bond acceptors (Lipinski definition) is 3. The van der Waals surface area contributed by atoms with Crippen molar-refractivity contribution in [2.45, 2.75) is 13.8 Å². The first-order chi connectivity index (χ1) is 7.66. The molecule has 2 aromatic rings. The highest BCUT2D eigenvalue weighted by Crippen LogP contribution is 2.21. The molecule has 1 heterocycles. The minimum absolute atomic E-state index is 0.290. The van der Waals surface area contributed by atoms with Crippen molar-refractivity contribution in [3.05, 3.63) is 51.7 Å². The Bertz CT molecular complexity index is 501. The Kier molecular flexibility index (Phi) is 3.06. The van der Waals surface area contributed by atoms with Gasteiger partial charge in [0.25, 0.3) is 0 Å². The van der Waals surface area contributed by atoms with Crippen LogP contribution >= 0.6 is 11.3 Å². The van der Waals surface area contributed by atoms with Gasteiger partial charge in [0.15, 0.2) is 0 Å². The lowest BCUT2D eigenvalue weighted by atomic mass is 10.1. The van der Waals surface area contributed by atoms with Crippen LogP contribution in [0.5, 0.6) is 5.75 Å². The summed E-state index contributed by atoms with van der Waals surface area (Å²) >= 11 is 1.38. The van der Waals surface area contributed by atoms with E-state index in [1.54, 1.807) is 6.07 Å². The summed E-state index contributed by atoms with van der Waals surface area (Å²) in [5.74, 6) is 0.339. The molecule has 0 N–H and O–H groups in total. The van der Waals surface area contributed by atoms with E-state index >= 15 is 0 Å². The van der Waals surface area contributed by atoms with E-state index in [0.717, 1.165) is 11.1 Å². The second-order valence-corrected chi connectivity index (χ2v) is 4.58. The number of hydrogen-bond donors (Lipinski definition) is 0. The van der Waals surface area contributed by atoms with Gasteiger partial charge >= 0.3 is 5.97 Å². The number of aryl methyl sites for hydroxylation is 2. The first-order valence-corrected chi connectivity index (χ1v) is 5.88. The van der Waals surface area contributed by atoms with Crippen LogP contribution in [0.4, 0.5) is 0 Å². The van der Waals surface area contributed by atoms with Crippen LogP contribution in [-0.2, 0) is 0 Å². The van der Waals surface area contributed by atoms with E-state index in [1.165, 1.54) is 11.3 Å². The molecule has 2 rings (SSSR count). The van der Waals surface area contributed by atoms with E-state index in [9.17, 15) is 4.79 Å². The smallest absolute Gasteiger partial charge is 0.353 e. The largest absolute Gasteiger partial charge is 0.422 e. The van der Waals surface area contributed by atoms with Gasteiger partial charge in [-0.15, -0.1) is 11.3 Å². The maximum Gasteiger partial charge on any atom is 0.353 e. The van der Waals surface area contributed by atoms with Crippen molar-refractivity contribution < 1.29 is 9.53 Å². The minimum atomic E-state index is -0.290. The number of thiophene rings is 1. The highest BCUT2D eigenvalue weighted by molar-refractivity contribution is 7.12. The number of benzene rings is 1. The molecule has 1 aromatic carbocycles. The fourth-order valence-corrected chi connectivity index (χ4v) is 2.06. The molecule has 0 amide bonds. The highest BCUT2D eigenvalue weighted by Gasteiger charge is 2.10. The lowest BCUT2D eigenvalue weighted by Gasteiger charge is -2.06. The standard InChI is InChI=1S/C13H12O2S/c1-9-5-6-11(10(2)8-9)15-13(14)12-4-3-7-16-12/h3-8H,1-2H3. The predicted molar refractivity (Wildman–Crippen MR) is 65.2 cm³/mol. The van der Waals surface area contributed by atoms with Crippen molar-refractivity contribution in [2.75, 3.05) is 0 Å². The van der Waals surface area contributed by atoms with E-state index in [-0.39, 0.29) is 5.97 Å². The van der Waals surface area contributed by atoms with Gasteiger partial charge in [0, 0.05) is 0 Å². The lowest BCUT2D eigenvalue weighted by Crippen LogP contribution is -2.07. The van der Waals surface area contributed by atoms with Gasteiger partial charge in [0.05, 0.1) is 0 Å². The van der Waals surface area contributed by atoms with Gasteiger partial charge in [-0.2, -0.15) is 0 Å². The molecule has 0 saturated heterocycles. The molecule has 0 fully saturated rings. The van der Waals surface area contributed by atoms with Crippen LogP contribution in [0.1, 0.15) is 20.8 Å². The summed E-state index contributed by atoms with van der Waals surface area (Å²) in [5.41, 5.74) is 2.14. The maximum atomic E-state index is 11.7. The fourth-order valence-electron chi connectivity index (χ4n) is 1.46. The Morgan fingerprint density at radius 3 is 2.69 bits per heavy atom. The SMILES string of the molecule is Cc1ccc(OC(=O)c2cccs2)c(C)c1. The topological polar surface area (TPSA) is 26.3 Å². The molecule has 0 aliphatic rings. The molecule has 0 atom stereocenters. The summed E-state index contributed by atoms with van der Waals surface area (Å²) in [6, 6.07) is 9.36. The molecule has 0 unspecified atom stereocenters. The number of esters is 1. The lowest BCUT2D eigenvalue weighted by molar-refractivity contribution is 0.0738. The van der Waals surface area contributed by atoms with E-state index < -0.39 is 0 Å². The van der Waals surface area contributed by atoms with E-state index in [0.29, 0.717) is 10.6 Å². The molecule has 0 bridgehead atoms. The molecule has 2 nitrogen and oxygen atoms in total. The molecule has 0 saturated carbocycles. The summed E-state index contributed by atoms with van der Waals surface area (Å²) in [4.78, 5) is 12.3. The molecule has 0 spiro atoms. The average molecular weight is 232 g/mol. The molecule has 82 valence electrons. The summed E-state index contributed by atoms with van der Waals surface area (Å²) in [6.45, 7) is 3.95. The van der Waals surface area contributed by atoms with Crippen molar-refractivity contribution in [2.24, 2.45) is 0 Å². The van der Waals surface area contributed by atoms with Crippen LogP contribution in [0.15, 0.2) is 35.7 Å². The van der Waals surface area contributed by atoms with Crippen molar-refractivity contribution in [1.82, 2.24) is 0 Å². The summed E-state index contributed by atoms with van der Waals surface area (Å²) < 4.78 is 5.32. The number of carbonyl (C=O) groups is 1. The quantitative estimate of drug-likeness (QED) is 0.584. The maximum absolute atomic E-state index is 11.7. The van der Waals surface area contributed by atoms with Gasteiger partial charge in [-0.25, -0.2) is 4.79 Å². The molecule has 3 heteroatoms. The van der Waals surface area contributed by atoms with E-state index in [4.69, 9.17) is 4.74 Å². The molecule has 0 aliphatic carbocycles. The van der Waals surface area contributed by atoms with Crippen molar-refractivity contribution in [3.8, 4) is 5.75 Å². The normalized spacial score (nSPS) is 10.1. The number of rotatable bonds is 2. The summed E-state index contributed by atoms with van der Waals surface area (Å²) in [6.07, 6.45) is 0. The Morgan fingerprint density at radius 2 is 2.06 bits per heavy atom. The fraction of sp³-hybridized carbons (Fsp3) is 0.154. The van der Waals surface area contributed by atoms with E-state index in [2.05, 4.69) is 0 Å². The van der Waals surface area contributed by atoms with Crippen molar-refractivity contribution in [1.29, 1.82) is 0 Å². The molecule has 0 radical (unpaired) electrons. The number of ether oxygens (including phenoxy) is 1. The van der Waals surface area contributed by atoms with Crippen LogP contribution in [-0.4, -0.2) is 5.97 Å². The first-order valence-electron chi connectivity index (χ1n) is 5.00. The molecular formula is C13H12O2S. The van der Waals surface area contributed by atoms with Crippen LogP contribution < -0.4 is 4.74 Å². The van der Waals surface area contributed by atoms with Gasteiger partial charge < -0.3 is 4.74 Å². The zero-order valence-electron chi connectivity index (χ0n) is 9.19. The van der Waals surface area contributed by atoms with Gasteiger partial charge in [-0.1, -0.05) is 23.8 Å². The van der Waals surface area contributed by atoms with Crippen LogP contribution in [0.2, 0.25) is 0 Å². The summed E-state index contributed by atoms with van der Waals surface area (Å²) in [7, 11) is 0. The van der Waals surface area contributed by atoms with Gasteiger partial charge in [0.1, 0.15) is 10.6 Å². The third-order valence-corrected chi connectivity index (χ3v) is 3.11. The number of carbonyl (C=O) groups excluding carboxylic acids is 1. The molecule has 0 aliphatic heterocycles.